The molecule has 1 aliphatic carbocycles. The fourth-order valence-corrected chi connectivity index (χ4v) is 5.12. The molecule has 1 saturated carbocycles. The number of methoxy groups -OCH3 is 1. The molecule has 3 fully saturated rings. The van der Waals surface area contributed by atoms with E-state index in [2.05, 4.69) is 16.0 Å². The normalized spacial score (nSPS) is 23.3. The maximum Gasteiger partial charge on any atom is 0.321 e. The fourth-order valence-electron chi connectivity index (χ4n) is 5.12. The Bertz CT molecular complexity index is 948. The summed E-state index contributed by atoms with van der Waals surface area (Å²) < 4.78 is 5.21. The summed E-state index contributed by atoms with van der Waals surface area (Å²) in [6, 6.07) is 5.22. The monoisotopic (exact) mass is 485 g/mol. The second-order valence-corrected chi connectivity index (χ2v) is 9.48. The Kier molecular flexibility index (Phi) is 8.09. The molecule has 1 aromatic rings. The van der Waals surface area contributed by atoms with Gasteiger partial charge in [0.15, 0.2) is 0 Å². The molecule has 0 spiro atoms. The van der Waals surface area contributed by atoms with E-state index in [0.29, 0.717) is 30.9 Å². The van der Waals surface area contributed by atoms with Crippen LogP contribution in [0.4, 0.5) is 10.5 Å². The van der Waals surface area contributed by atoms with E-state index in [4.69, 9.17) is 4.74 Å². The number of urea groups is 1. The van der Waals surface area contributed by atoms with Gasteiger partial charge in [0.05, 0.1) is 13.7 Å². The molecule has 2 saturated heterocycles. The number of amides is 5. The number of carbonyl (C=O) groups is 4. The summed E-state index contributed by atoms with van der Waals surface area (Å²) in [6.07, 6.45) is 6.14. The van der Waals surface area contributed by atoms with Gasteiger partial charge in [0.2, 0.25) is 17.7 Å². The maximum atomic E-state index is 13.4. The van der Waals surface area contributed by atoms with Crippen molar-refractivity contribution in [3.8, 4) is 5.75 Å². The summed E-state index contributed by atoms with van der Waals surface area (Å²) in [5.41, 5.74) is 0.579. The number of rotatable bonds is 5. The Morgan fingerprint density at radius 2 is 1.86 bits per heavy atom. The number of ether oxygens (including phenoxy) is 1. The molecule has 2 atom stereocenters. The Morgan fingerprint density at radius 1 is 1.06 bits per heavy atom. The third-order valence-corrected chi connectivity index (χ3v) is 7.13. The third kappa shape index (κ3) is 6.04. The van der Waals surface area contributed by atoms with Crippen LogP contribution in [0.2, 0.25) is 0 Å². The lowest BCUT2D eigenvalue weighted by atomic mass is 9.87. The Morgan fingerprint density at radius 3 is 2.60 bits per heavy atom. The maximum absolute atomic E-state index is 13.4. The van der Waals surface area contributed by atoms with Crippen molar-refractivity contribution in [3.05, 3.63) is 24.3 Å². The lowest BCUT2D eigenvalue weighted by molar-refractivity contribution is -0.147. The van der Waals surface area contributed by atoms with E-state index in [1.165, 1.54) is 0 Å². The quantitative estimate of drug-likeness (QED) is 0.587. The molecular weight excluding hydrogens is 450 g/mol. The van der Waals surface area contributed by atoms with Crippen LogP contribution in [0, 0.1) is 5.92 Å². The summed E-state index contributed by atoms with van der Waals surface area (Å²) in [5.74, 6) is -0.0954. The second-order valence-electron chi connectivity index (χ2n) is 9.48. The van der Waals surface area contributed by atoms with Gasteiger partial charge in [-0.15, -0.1) is 0 Å². The lowest BCUT2D eigenvalue weighted by Gasteiger charge is -2.42. The fraction of sp³-hybridized carbons (Fsp3) is 0.600. The zero-order valence-corrected chi connectivity index (χ0v) is 20.3. The molecule has 190 valence electrons. The number of benzene rings is 1. The molecule has 4 rings (SSSR count). The Labute approximate surface area is 205 Å². The minimum Gasteiger partial charge on any atom is -0.497 e. The van der Waals surface area contributed by atoms with E-state index in [-0.39, 0.29) is 36.9 Å². The van der Waals surface area contributed by atoms with Crippen LogP contribution in [-0.2, 0) is 14.4 Å². The summed E-state index contributed by atoms with van der Waals surface area (Å²) in [4.78, 5) is 55.2. The van der Waals surface area contributed by atoms with Crippen molar-refractivity contribution in [1.82, 2.24) is 20.4 Å². The molecule has 3 aliphatic rings. The molecule has 5 amide bonds. The molecule has 10 heteroatoms. The van der Waals surface area contributed by atoms with Gasteiger partial charge in [-0.2, -0.15) is 0 Å². The Hall–Kier alpha value is -3.30. The lowest BCUT2D eigenvalue weighted by Crippen LogP contribution is -2.64. The van der Waals surface area contributed by atoms with Crippen LogP contribution in [0.3, 0.4) is 0 Å². The van der Waals surface area contributed by atoms with Gasteiger partial charge in [-0.25, -0.2) is 4.79 Å². The molecule has 35 heavy (non-hydrogen) atoms. The van der Waals surface area contributed by atoms with E-state index in [9.17, 15) is 19.2 Å². The van der Waals surface area contributed by atoms with Crippen LogP contribution in [0.5, 0.6) is 5.75 Å². The molecule has 1 aromatic carbocycles. The van der Waals surface area contributed by atoms with Gasteiger partial charge >= 0.3 is 6.03 Å². The molecule has 2 unspecified atom stereocenters. The number of carbonyl (C=O) groups excluding carboxylic acids is 4. The predicted octanol–water partition coefficient (Wildman–Crippen LogP) is 1.72. The predicted molar refractivity (Wildman–Crippen MR) is 130 cm³/mol. The van der Waals surface area contributed by atoms with Gasteiger partial charge < -0.3 is 30.5 Å². The van der Waals surface area contributed by atoms with Crippen LogP contribution in [0.15, 0.2) is 24.3 Å². The minimum atomic E-state index is -0.844. The van der Waals surface area contributed by atoms with Crippen molar-refractivity contribution in [2.24, 2.45) is 5.92 Å². The number of piperidine rings is 1. The van der Waals surface area contributed by atoms with Crippen LogP contribution in [-0.4, -0.2) is 78.9 Å². The first-order valence-electron chi connectivity index (χ1n) is 12.5. The molecule has 0 radical (unpaired) electrons. The molecule has 2 heterocycles. The number of piperazine rings is 1. The second kappa shape index (κ2) is 11.4. The highest BCUT2D eigenvalue weighted by Gasteiger charge is 2.40. The van der Waals surface area contributed by atoms with Crippen LogP contribution in [0.25, 0.3) is 0 Å². The zero-order valence-electron chi connectivity index (χ0n) is 20.3. The Balaban J connectivity index is 1.48. The van der Waals surface area contributed by atoms with Crippen molar-refractivity contribution in [2.75, 3.05) is 38.6 Å². The average Bonchev–Trinajstić information content (AvgIpc) is 2.89. The van der Waals surface area contributed by atoms with Gasteiger partial charge in [0.1, 0.15) is 17.8 Å². The van der Waals surface area contributed by atoms with Gasteiger partial charge in [0.25, 0.3) is 0 Å². The highest BCUT2D eigenvalue weighted by Crippen LogP contribution is 2.27. The largest absolute Gasteiger partial charge is 0.497 e. The summed E-state index contributed by atoms with van der Waals surface area (Å²) in [5, 5.41) is 8.45. The van der Waals surface area contributed by atoms with E-state index in [1.54, 1.807) is 41.2 Å². The van der Waals surface area contributed by atoms with Crippen molar-refractivity contribution >= 4 is 29.4 Å². The SMILES string of the molecule is COc1cccc(NC(=O)N2CCN(C(=O)C3CCCCC3)C(C(=O)NC3CCCNC3=O)C2)c1. The first kappa shape index (κ1) is 24.8. The number of nitrogens with one attached hydrogen (secondary N) is 3. The van der Waals surface area contributed by atoms with Crippen molar-refractivity contribution in [2.45, 2.75) is 57.0 Å². The van der Waals surface area contributed by atoms with Crippen LogP contribution in [0.1, 0.15) is 44.9 Å². The first-order chi connectivity index (χ1) is 17.0. The molecule has 2 aliphatic heterocycles. The molecular formula is C25H35N5O5. The third-order valence-electron chi connectivity index (χ3n) is 7.13. The molecule has 3 N–H and O–H groups in total. The number of anilines is 1. The highest BCUT2D eigenvalue weighted by molar-refractivity contribution is 5.95. The van der Waals surface area contributed by atoms with E-state index >= 15 is 0 Å². The van der Waals surface area contributed by atoms with Crippen molar-refractivity contribution in [3.63, 3.8) is 0 Å². The summed E-state index contributed by atoms with van der Waals surface area (Å²) in [7, 11) is 1.55. The molecule has 0 bridgehead atoms. The number of hydrogen-bond acceptors (Lipinski definition) is 5. The van der Waals surface area contributed by atoms with E-state index < -0.39 is 18.0 Å². The van der Waals surface area contributed by atoms with Crippen LogP contribution >= 0.6 is 0 Å². The van der Waals surface area contributed by atoms with E-state index in [0.717, 1.165) is 38.5 Å². The smallest absolute Gasteiger partial charge is 0.321 e. The van der Waals surface area contributed by atoms with Crippen LogP contribution < -0.4 is 20.7 Å². The standard InChI is InChI=1S/C25H35N5O5/c1-35-19-10-5-9-18(15-19)27-25(34)29-13-14-30(24(33)17-7-3-2-4-8-17)21(16-29)23(32)28-20-11-6-12-26-22(20)31/h5,9-10,15,17,20-21H,2-4,6-8,11-14,16H2,1H3,(H,26,31)(H,27,34)(H,28,32). The zero-order chi connectivity index (χ0) is 24.8. The molecule has 0 aromatic heterocycles. The van der Waals surface area contributed by atoms with Crippen molar-refractivity contribution < 1.29 is 23.9 Å². The highest BCUT2D eigenvalue weighted by atomic mass is 16.5. The van der Waals surface area contributed by atoms with Gasteiger partial charge in [-0.05, 0) is 37.8 Å². The van der Waals surface area contributed by atoms with Gasteiger partial charge in [-0.3, -0.25) is 14.4 Å². The number of nitrogens with zero attached hydrogens (tertiary/aromatic N) is 2. The summed E-state index contributed by atoms with van der Waals surface area (Å²) in [6.45, 7) is 1.26. The van der Waals surface area contributed by atoms with Crippen molar-refractivity contribution in [1.29, 1.82) is 0 Å². The minimum absolute atomic E-state index is 0.0224. The topological polar surface area (TPSA) is 120 Å². The molecule has 10 nitrogen and oxygen atoms in total. The van der Waals surface area contributed by atoms with Gasteiger partial charge in [-0.1, -0.05) is 25.3 Å². The van der Waals surface area contributed by atoms with Gasteiger partial charge in [0, 0.05) is 37.3 Å². The average molecular weight is 486 g/mol. The summed E-state index contributed by atoms with van der Waals surface area (Å²) >= 11 is 0. The van der Waals surface area contributed by atoms with E-state index in [1.807, 2.05) is 0 Å². The number of hydrogen-bond donors (Lipinski definition) is 3. The first-order valence-corrected chi connectivity index (χ1v) is 12.5.